The van der Waals surface area contributed by atoms with E-state index >= 15 is 0 Å². The topological polar surface area (TPSA) is 88.1 Å². The fraction of sp³-hybridized carbons (Fsp3) is 0.500. The van der Waals surface area contributed by atoms with Crippen molar-refractivity contribution in [1.29, 1.82) is 0 Å². The molecule has 1 aromatic rings. The van der Waals surface area contributed by atoms with Crippen LogP contribution in [0.2, 0.25) is 0 Å². The summed E-state index contributed by atoms with van der Waals surface area (Å²) in [7, 11) is -3.01. The van der Waals surface area contributed by atoms with Crippen LogP contribution in [-0.4, -0.2) is 43.2 Å². The van der Waals surface area contributed by atoms with E-state index in [1.54, 1.807) is 20.8 Å². The number of aliphatic imine (C=N–C) groups is 1. The molecule has 7 nitrogen and oxygen atoms in total. The average Bonchev–Trinajstić information content (AvgIpc) is 2.46. The van der Waals surface area contributed by atoms with Crippen LogP contribution < -0.4 is 5.32 Å². The predicted octanol–water partition coefficient (Wildman–Crippen LogP) is 2.48. The average molecular weight is 407 g/mol. The van der Waals surface area contributed by atoms with Crippen molar-refractivity contribution >= 4 is 22.1 Å². The number of carbonyl (C=O) groups is 1. The molecule has 1 heterocycles. The fourth-order valence-electron chi connectivity index (χ4n) is 2.57. The SMILES string of the molecule is CN1C(NC(=O)OC(C)(C)C)=NC(C)(c2c(F)ccc(F)c2F)CS1(=O)=O. The van der Waals surface area contributed by atoms with Gasteiger partial charge in [-0.1, -0.05) is 0 Å². The summed E-state index contributed by atoms with van der Waals surface area (Å²) in [5.74, 6) is -5.37. The molecule has 0 saturated heterocycles. The Bertz CT molecular complexity index is 912. The van der Waals surface area contributed by atoms with Gasteiger partial charge in [-0.25, -0.2) is 35.7 Å². The number of carbonyl (C=O) groups excluding carboxylic acids is 1. The summed E-state index contributed by atoms with van der Waals surface area (Å²) in [6, 6.07) is 1.27. The van der Waals surface area contributed by atoms with Crippen molar-refractivity contribution < 1.29 is 31.1 Å². The Kier molecular flexibility index (Phi) is 5.21. The molecule has 0 aromatic heterocycles. The normalized spacial score (nSPS) is 22.2. The minimum atomic E-state index is -4.13. The number of guanidine groups is 1. The quantitative estimate of drug-likeness (QED) is 0.725. The van der Waals surface area contributed by atoms with E-state index < -0.39 is 62.0 Å². The zero-order valence-corrected chi connectivity index (χ0v) is 16.2. The molecule has 1 aliphatic heterocycles. The molecule has 0 saturated carbocycles. The first-order chi connectivity index (χ1) is 12.2. The van der Waals surface area contributed by atoms with Gasteiger partial charge in [-0.3, -0.25) is 5.32 Å². The first-order valence-corrected chi connectivity index (χ1v) is 9.48. The number of rotatable bonds is 1. The molecule has 11 heteroatoms. The summed E-state index contributed by atoms with van der Waals surface area (Å²) in [5, 5.41) is 2.16. The molecule has 2 rings (SSSR count). The molecule has 0 fully saturated rings. The third kappa shape index (κ3) is 4.34. The smallest absolute Gasteiger partial charge is 0.414 e. The van der Waals surface area contributed by atoms with Gasteiger partial charge in [-0.15, -0.1) is 0 Å². The Morgan fingerprint density at radius 2 is 1.81 bits per heavy atom. The molecule has 1 atom stereocenters. The Morgan fingerprint density at radius 3 is 2.37 bits per heavy atom. The monoisotopic (exact) mass is 407 g/mol. The standard InChI is InChI=1S/C16H20F3N3O4S/c1-15(2,3)26-14(23)20-13-21-16(4,8-27(24,25)22(13)5)11-9(17)6-7-10(18)12(11)19/h6-7H,8H2,1-5H3,(H,20,21,23). The minimum absolute atomic E-state index is 0.499. The number of nitrogens with zero attached hydrogens (tertiary/aromatic N) is 2. The second-order valence-electron chi connectivity index (χ2n) is 7.28. The Labute approximate surface area is 155 Å². The highest BCUT2D eigenvalue weighted by Crippen LogP contribution is 2.36. The lowest BCUT2D eigenvalue weighted by Gasteiger charge is -2.36. The second kappa shape index (κ2) is 6.70. The largest absolute Gasteiger partial charge is 0.444 e. The van der Waals surface area contributed by atoms with E-state index in [0.29, 0.717) is 16.4 Å². The molecule has 150 valence electrons. The number of amides is 1. The summed E-state index contributed by atoms with van der Waals surface area (Å²) in [6.45, 7) is 5.92. The molecule has 0 aliphatic carbocycles. The van der Waals surface area contributed by atoms with Crippen molar-refractivity contribution in [2.45, 2.75) is 38.8 Å². The van der Waals surface area contributed by atoms with Gasteiger partial charge in [-0.05, 0) is 39.8 Å². The number of ether oxygens (including phenoxy) is 1. The summed E-state index contributed by atoms with van der Waals surface area (Å²) >= 11 is 0. The lowest BCUT2D eigenvalue weighted by atomic mass is 9.93. The number of hydrogen-bond acceptors (Lipinski definition) is 5. The number of halogens is 3. The molecule has 1 unspecified atom stereocenters. The molecule has 1 N–H and O–H groups in total. The van der Waals surface area contributed by atoms with E-state index in [-0.39, 0.29) is 0 Å². The summed E-state index contributed by atoms with van der Waals surface area (Å²) in [4.78, 5) is 16.0. The Hall–Kier alpha value is -2.30. The maximum atomic E-state index is 14.2. The molecule has 0 bridgehead atoms. The lowest BCUT2D eigenvalue weighted by Crippen LogP contribution is -2.54. The lowest BCUT2D eigenvalue weighted by molar-refractivity contribution is 0.0559. The molecule has 1 aliphatic rings. The first kappa shape index (κ1) is 21.0. The molecular weight excluding hydrogens is 387 g/mol. The van der Waals surface area contributed by atoms with Gasteiger partial charge >= 0.3 is 6.09 Å². The number of alkyl carbamates (subject to hydrolysis) is 1. The van der Waals surface area contributed by atoms with E-state index in [0.717, 1.165) is 14.0 Å². The summed E-state index contributed by atoms with van der Waals surface area (Å²) < 4.78 is 72.7. The van der Waals surface area contributed by atoms with Crippen molar-refractivity contribution in [1.82, 2.24) is 9.62 Å². The van der Waals surface area contributed by atoms with Crippen LogP contribution in [0.1, 0.15) is 33.3 Å². The van der Waals surface area contributed by atoms with Crippen molar-refractivity contribution in [3.63, 3.8) is 0 Å². The van der Waals surface area contributed by atoms with Crippen molar-refractivity contribution in [3.8, 4) is 0 Å². The van der Waals surface area contributed by atoms with Gasteiger partial charge in [0.25, 0.3) is 0 Å². The fourth-order valence-corrected chi connectivity index (χ4v) is 4.03. The molecular formula is C16H20F3N3O4S. The number of nitrogens with one attached hydrogen (secondary N) is 1. The molecule has 0 radical (unpaired) electrons. The first-order valence-electron chi connectivity index (χ1n) is 7.87. The van der Waals surface area contributed by atoms with Crippen molar-refractivity contribution in [2.75, 3.05) is 12.8 Å². The van der Waals surface area contributed by atoms with Crippen molar-refractivity contribution in [2.24, 2.45) is 4.99 Å². The minimum Gasteiger partial charge on any atom is -0.444 e. The van der Waals surface area contributed by atoms with E-state index in [1.165, 1.54) is 0 Å². The number of benzene rings is 1. The van der Waals surface area contributed by atoms with Gasteiger partial charge in [0.05, 0.1) is 11.3 Å². The van der Waals surface area contributed by atoms with E-state index in [2.05, 4.69) is 10.3 Å². The van der Waals surface area contributed by atoms with Crippen LogP contribution in [0.3, 0.4) is 0 Å². The van der Waals surface area contributed by atoms with Crippen LogP contribution in [-0.2, 0) is 20.3 Å². The van der Waals surface area contributed by atoms with E-state index in [1.807, 2.05) is 0 Å². The highest BCUT2D eigenvalue weighted by atomic mass is 32.2. The molecule has 1 aromatic carbocycles. The van der Waals surface area contributed by atoms with Crippen LogP contribution in [0, 0.1) is 17.5 Å². The zero-order chi connectivity index (χ0) is 20.8. The van der Waals surface area contributed by atoms with E-state index in [4.69, 9.17) is 4.74 Å². The zero-order valence-electron chi connectivity index (χ0n) is 15.4. The molecule has 1 amide bonds. The van der Waals surface area contributed by atoms with Crippen LogP contribution in [0.15, 0.2) is 17.1 Å². The van der Waals surface area contributed by atoms with Gasteiger partial charge in [0.15, 0.2) is 11.6 Å². The number of hydrogen-bond donors (Lipinski definition) is 1. The number of sulfonamides is 1. The third-order valence-corrected chi connectivity index (χ3v) is 5.66. The summed E-state index contributed by atoms with van der Waals surface area (Å²) in [6.07, 6.45) is -1.01. The molecule has 0 spiro atoms. The Balaban J connectivity index is 2.56. The third-order valence-electron chi connectivity index (χ3n) is 3.73. The van der Waals surface area contributed by atoms with Gasteiger partial charge in [-0.2, -0.15) is 0 Å². The van der Waals surface area contributed by atoms with Gasteiger partial charge < -0.3 is 4.74 Å². The van der Waals surface area contributed by atoms with Crippen LogP contribution in [0.4, 0.5) is 18.0 Å². The summed E-state index contributed by atoms with van der Waals surface area (Å²) in [5.41, 5.74) is -3.73. The van der Waals surface area contributed by atoms with E-state index in [9.17, 15) is 26.4 Å². The van der Waals surface area contributed by atoms with Gasteiger partial charge in [0.2, 0.25) is 16.0 Å². The highest BCUT2D eigenvalue weighted by Gasteiger charge is 2.45. The predicted molar refractivity (Wildman–Crippen MR) is 92.0 cm³/mol. The highest BCUT2D eigenvalue weighted by molar-refractivity contribution is 7.89. The maximum Gasteiger partial charge on any atom is 0.414 e. The maximum absolute atomic E-state index is 14.2. The molecule has 27 heavy (non-hydrogen) atoms. The van der Waals surface area contributed by atoms with Gasteiger partial charge in [0.1, 0.15) is 17.0 Å². The van der Waals surface area contributed by atoms with Crippen LogP contribution in [0.5, 0.6) is 0 Å². The van der Waals surface area contributed by atoms with Crippen molar-refractivity contribution in [3.05, 3.63) is 35.1 Å². The van der Waals surface area contributed by atoms with Crippen LogP contribution in [0.25, 0.3) is 0 Å². The van der Waals surface area contributed by atoms with Crippen LogP contribution >= 0.6 is 0 Å². The van der Waals surface area contributed by atoms with Gasteiger partial charge in [0, 0.05) is 7.05 Å². The Morgan fingerprint density at radius 1 is 1.26 bits per heavy atom. The second-order valence-corrected chi connectivity index (χ2v) is 9.28.